The van der Waals surface area contributed by atoms with Gasteiger partial charge in [-0.15, -0.1) is 0 Å². The van der Waals surface area contributed by atoms with Crippen LogP contribution in [-0.4, -0.2) is 61.7 Å². The van der Waals surface area contributed by atoms with Crippen LogP contribution < -0.4 is 14.8 Å². The Kier molecular flexibility index (Phi) is 11.2. The fourth-order valence-electron chi connectivity index (χ4n) is 5.27. The van der Waals surface area contributed by atoms with E-state index in [0.717, 1.165) is 22.3 Å². The average Bonchev–Trinajstić information content (AvgIpc) is 3.04. The van der Waals surface area contributed by atoms with Gasteiger partial charge in [0.25, 0.3) is 0 Å². The molecule has 1 N–H and O–H groups in total. The number of hydrogen-bond donors (Lipinski definition) is 1. The van der Waals surface area contributed by atoms with E-state index in [2.05, 4.69) is 5.32 Å². The molecule has 0 saturated carbocycles. The molecular weight excluding hydrogens is 548 g/mol. The van der Waals surface area contributed by atoms with Crippen molar-refractivity contribution in [2.24, 2.45) is 0 Å². The molecular formula is C34H40N2O7. The molecule has 0 saturated heterocycles. The van der Waals surface area contributed by atoms with Crippen molar-refractivity contribution in [2.75, 3.05) is 20.8 Å². The maximum absolute atomic E-state index is 14.0. The molecule has 0 fully saturated rings. The molecule has 9 heteroatoms. The molecule has 43 heavy (non-hydrogen) atoms. The molecule has 4 rings (SSSR count). The van der Waals surface area contributed by atoms with E-state index < -0.39 is 30.1 Å². The smallest absolute Gasteiger partial charge is 0.329 e. The number of aryl methyl sites for hydroxylation is 1. The summed E-state index contributed by atoms with van der Waals surface area (Å²) < 4.78 is 22.0. The van der Waals surface area contributed by atoms with Crippen LogP contribution in [0.1, 0.15) is 42.5 Å². The van der Waals surface area contributed by atoms with Gasteiger partial charge in [0.15, 0.2) is 11.5 Å². The topological polar surface area (TPSA) is 103 Å². The van der Waals surface area contributed by atoms with Gasteiger partial charge in [-0.05, 0) is 61.1 Å². The largest absolute Gasteiger partial charge is 0.493 e. The van der Waals surface area contributed by atoms with E-state index in [1.54, 1.807) is 28.1 Å². The van der Waals surface area contributed by atoms with Gasteiger partial charge < -0.3 is 23.8 Å². The second-order valence-electron chi connectivity index (χ2n) is 10.5. The van der Waals surface area contributed by atoms with Crippen LogP contribution in [0.5, 0.6) is 11.5 Å². The lowest BCUT2D eigenvalue weighted by molar-refractivity contribution is -0.158. The first-order chi connectivity index (χ1) is 20.8. The summed E-state index contributed by atoms with van der Waals surface area (Å²) in [5.74, 6) is -0.166. The van der Waals surface area contributed by atoms with E-state index in [1.807, 2.05) is 72.8 Å². The van der Waals surface area contributed by atoms with E-state index in [1.165, 1.54) is 4.90 Å². The predicted molar refractivity (Wildman–Crippen MR) is 162 cm³/mol. The van der Waals surface area contributed by atoms with Gasteiger partial charge in [0.1, 0.15) is 18.7 Å². The summed E-state index contributed by atoms with van der Waals surface area (Å²) in [6.45, 7) is 3.94. The van der Waals surface area contributed by atoms with Crippen molar-refractivity contribution in [2.45, 2.75) is 64.4 Å². The minimum atomic E-state index is -0.864. The SMILES string of the molecule is CCOC(=O)C(CCc1ccccc1)NC(C)C(=O)N1Cc2cc(OC)c(OC)cc2CC1C(=O)OCc1ccccc1. The Morgan fingerprint density at radius 3 is 2.09 bits per heavy atom. The van der Waals surface area contributed by atoms with Gasteiger partial charge in [-0.25, -0.2) is 4.79 Å². The molecule has 1 amide bonds. The van der Waals surface area contributed by atoms with Gasteiger partial charge in [-0.1, -0.05) is 60.7 Å². The number of nitrogens with zero attached hydrogens (tertiary/aromatic N) is 1. The van der Waals surface area contributed by atoms with Crippen molar-refractivity contribution < 1.29 is 33.3 Å². The van der Waals surface area contributed by atoms with E-state index in [-0.39, 0.29) is 32.1 Å². The average molecular weight is 589 g/mol. The number of methoxy groups -OCH3 is 2. The highest BCUT2D eigenvalue weighted by atomic mass is 16.5. The molecule has 3 aromatic rings. The molecule has 0 spiro atoms. The number of amides is 1. The van der Waals surface area contributed by atoms with Gasteiger partial charge in [0, 0.05) is 13.0 Å². The summed E-state index contributed by atoms with van der Waals surface area (Å²) in [6, 6.07) is 20.5. The van der Waals surface area contributed by atoms with Crippen LogP contribution in [0.2, 0.25) is 0 Å². The molecule has 1 aliphatic rings. The molecule has 0 bridgehead atoms. The monoisotopic (exact) mass is 588 g/mol. The number of nitrogens with one attached hydrogen (secondary N) is 1. The normalized spacial score (nSPS) is 15.5. The van der Waals surface area contributed by atoms with Crippen molar-refractivity contribution >= 4 is 17.8 Å². The molecule has 3 unspecified atom stereocenters. The third-order valence-electron chi connectivity index (χ3n) is 7.57. The molecule has 1 heterocycles. The number of ether oxygens (including phenoxy) is 4. The molecule has 0 aliphatic carbocycles. The zero-order valence-electron chi connectivity index (χ0n) is 25.2. The summed E-state index contributed by atoms with van der Waals surface area (Å²) >= 11 is 0. The molecule has 3 atom stereocenters. The second-order valence-corrected chi connectivity index (χ2v) is 10.5. The van der Waals surface area contributed by atoms with Gasteiger partial charge in [-0.2, -0.15) is 0 Å². The first-order valence-electron chi connectivity index (χ1n) is 14.6. The number of carbonyl (C=O) groups is 3. The minimum Gasteiger partial charge on any atom is -0.493 e. The van der Waals surface area contributed by atoms with E-state index in [0.29, 0.717) is 24.3 Å². The highest BCUT2D eigenvalue weighted by Gasteiger charge is 2.39. The fraction of sp³-hybridized carbons (Fsp3) is 0.382. The Morgan fingerprint density at radius 2 is 1.49 bits per heavy atom. The minimum absolute atomic E-state index is 0.0925. The number of benzene rings is 3. The fourth-order valence-corrected chi connectivity index (χ4v) is 5.27. The van der Waals surface area contributed by atoms with E-state index in [9.17, 15) is 14.4 Å². The van der Waals surface area contributed by atoms with Crippen molar-refractivity contribution in [1.82, 2.24) is 10.2 Å². The van der Waals surface area contributed by atoms with Crippen LogP contribution in [0.25, 0.3) is 0 Å². The Labute approximate surface area is 253 Å². The standard InChI is InChI=1S/C34H40N2O7/c1-5-42-33(38)28(17-16-24-12-8-6-9-13-24)35-23(2)32(37)36-21-27-20-31(41-4)30(40-3)19-26(27)18-29(36)34(39)43-22-25-14-10-7-11-15-25/h6-15,19-20,23,28-29,35H,5,16-18,21-22H2,1-4H3. The number of hydrogen-bond acceptors (Lipinski definition) is 8. The number of esters is 2. The van der Waals surface area contributed by atoms with Crippen LogP contribution >= 0.6 is 0 Å². The summed E-state index contributed by atoms with van der Waals surface area (Å²) in [6.07, 6.45) is 1.32. The Bertz CT molecular complexity index is 1380. The Morgan fingerprint density at radius 1 is 0.884 bits per heavy atom. The van der Waals surface area contributed by atoms with Crippen molar-refractivity contribution in [3.05, 3.63) is 95.1 Å². The molecule has 0 aromatic heterocycles. The Balaban J connectivity index is 1.56. The first kappa shape index (κ1) is 31.6. The van der Waals surface area contributed by atoms with E-state index in [4.69, 9.17) is 18.9 Å². The molecule has 9 nitrogen and oxygen atoms in total. The summed E-state index contributed by atoms with van der Waals surface area (Å²) in [7, 11) is 3.11. The second kappa shape index (κ2) is 15.2. The lowest BCUT2D eigenvalue weighted by Gasteiger charge is -2.37. The predicted octanol–water partition coefficient (Wildman–Crippen LogP) is 4.24. The number of rotatable bonds is 13. The Hall–Kier alpha value is -4.37. The van der Waals surface area contributed by atoms with Crippen molar-refractivity contribution in [3.8, 4) is 11.5 Å². The molecule has 228 valence electrons. The van der Waals surface area contributed by atoms with Gasteiger partial charge in [0.05, 0.1) is 26.9 Å². The van der Waals surface area contributed by atoms with Crippen LogP contribution in [0.3, 0.4) is 0 Å². The highest BCUT2D eigenvalue weighted by molar-refractivity contribution is 5.89. The van der Waals surface area contributed by atoms with Gasteiger partial charge >= 0.3 is 11.9 Å². The zero-order chi connectivity index (χ0) is 30.8. The lowest BCUT2D eigenvalue weighted by Crippen LogP contribution is -2.56. The third kappa shape index (κ3) is 8.14. The maximum atomic E-state index is 14.0. The maximum Gasteiger partial charge on any atom is 0.329 e. The summed E-state index contributed by atoms with van der Waals surface area (Å²) in [5, 5.41) is 3.19. The third-order valence-corrected chi connectivity index (χ3v) is 7.57. The first-order valence-corrected chi connectivity index (χ1v) is 14.6. The lowest BCUT2D eigenvalue weighted by atomic mass is 9.92. The summed E-state index contributed by atoms with van der Waals surface area (Å²) in [4.78, 5) is 41.9. The summed E-state index contributed by atoms with van der Waals surface area (Å²) in [5.41, 5.74) is 3.64. The van der Waals surface area contributed by atoms with Crippen molar-refractivity contribution in [1.29, 1.82) is 0 Å². The number of fused-ring (bicyclic) bond motifs is 1. The quantitative estimate of drug-likeness (QED) is 0.296. The molecule has 1 aliphatic heterocycles. The van der Waals surface area contributed by atoms with Crippen molar-refractivity contribution in [3.63, 3.8) is 0 Å². The van der Waals surface area contributed by atoms with Gasteiger partial charge in [-0.3, -0.25) is 14.9 Å². The van der Waals surface area contributed by atoms with Crippen LogP contribution in [0.4, 0.5) is 0 Å². The number of carbonyl (C=O) groups excluding carboxylic acids is 3. The van der Waals surface area contributed by atoms with Gasteiger partial charge in [0.2, 0.25) is 5.91 Å². The van der Waals surface area contributed by atoms with Crippen LogP contribution in [0, 0.1) is 0 Å². The molecule has 3 aromatic carbocycles. The molecule has 0 radical (unpaired) electrons. The van der Waals surface area contributed by atoms with E-state index >= 15 is 0 Å². The highest BCUT2D eigenvalue weighted by Crippen LogP contribution is 2.35. The zero-order valence-corrected chi connectivity index (χ0v) is 25.2. The van der Waals surface area contributed by atoms with Crippen LogP contribution in [0.15, 0.2) is 72.8 Å². The van der Waals surface area contributed by atoms with Crippen LogP contribution in [-0.2, 0) is 49.9 Å².